The van der Waals surface area contributed by atoms with E-state index in [1.54, 1.807) is 0 Å². The molecule has 1 aliphatic carbocycles. The predicted octanol–water partition coefficient (Wildman–Crippen LogP) is 0.489. The number of nitrogens with two attached hydrogens (primary N) is 1. The highest BCUT2D eigenvalue weighted by molar-refractivity contribution is 6.22. The monoisotopic (exact) mass is 133 g/mol. The molecule has 1 rings (SSSR count). The van der Waals surface area contributed by atoms with Crippen LogP contribution in [0.5, 0.6) is 0 Å². The van der Waals surface area contributed by atoms with E-state index >= 15 is 0 Å². The van der Waals surface area contributed by atoms with Crippen LogP contribution in [0.1, 0.15) is 12.8 Å². The van der Waals surface area contributed by atoms with Crippen molar-refractivity contribution in [1.29, 1.82) is 0 Å². The molecule has 0 heterocycles. The standard InChI is InChI=1S/C5H8ClNO/c6-4-2-1-3(4)5(7)8/h3-4H,1-2H2,(H2,7,8)/t3-,4-/m1/s1. The van der Waals surface area contributed by atoms with Crippen molar-refractivity contribution in [1.82, 2.24) is 0 Å². The van der Waals surface area contributed by atoms with E-state index in [9.17, 15) is 4.79 Å². The maximum Gasteiger partial charge on any atom is 0.222 e. The molecule has 0 spiro atoms. The summed E-state index contributed by atoms with van der Waals surface area (Å²) in [6.07, 6.45) is 1.82. The third-order valence-corrected chi connectivity index (χ3v) is 2.08. The highest BCUT2D eigenvalue weighted by Gasteiger charge is 2.33. The molecule has 1 saturated carbocycles. The molecule has 0 aliphatic heterocycles. The van der Waals surface area contributed by atoms with Gasteiger partial charge in [0.15, 0.2) is 0 Å². The summed E-state index contributed by atoms with van der Waals surface area (Å²) in [6.45, 7) is 0. The molecule has 2 nitrogen and oxygen atoms in total. The smallest absolute Gasteiger partial charge is 0.222 e. The van der Waals surface area contributed by atoms with E-state index in [4.69, 9.17) is 17.3 Å². The van der Waals surface area contributed by atoms with Crippen LogP contribution < -0.4 is 5.73 Å². The molecule has 0 aromatic heterocycles. The average molecular weight is 134 g/mol. The first-order chi connectivity index (χ1) is 3.72. The van der Waals surface area contributed by atoms with Crippen molar-refractivity contribution in [2.24, 2.45) is 11.7 Å². The van der Waals surface area contributed by atoms with Gasteiger partial charge in [-0.15, -0.1) is 11.6 Å². The van der Waals surface area contributed by atoms with Gasteiger partial charge in [0.25, 0.3) is 0 Å². The Morgan fingerprint density at radius 1 is 1.62 bits per heavy atom. The van der Waals surface area contributed by atoms with Gasteiger partial charge in [-0.3, -0.25) is 4.79 Å². The van der Waals surface area contributed by atoms with Crippen molar-refractivity contribution in [3.63, 3.8) is 0 Å². The fourth-order valence-electron chi connectivity index (χ4n) is 0.780. The molecule has 1 fully saturated rings. The number of hydrogen-bond donors (Lipinski definition) is 1. The number of rotatable bonds is 1. The first-order valence-electron chi connectivity index (χ1n) is 2.65. The Bertz CT molecular complexity index is 115. The van der Waals surface area contributed by atoms with Gasteiger partial charge in [-0.1, -0.05) is 0 Å². The summed E-state index contributed by atoms with van der Waals surface area (Å²) in [7, 11) is 0. The number of halogens is 1. The number of hydrogen-bond acceptors (Lipinski definition) is 1. The van der Waals surface area contributed by atoms with Gasteiger partial charge in [0.1, 0.15) is 0 Å². The molecule has 8 heavy (non-hydrogen) atoms. The molecule has 1 amide bonds. The maximum atomic E-state index is 10.3. The van der Waals surface area contributed by atoms with Crippen molar-refractivity contribution < 1.29 is 4.79 Å². The minimum atomic E-state index is -0.253. The maximum absolute atomic E-state index is 10.3. The predicted molar refractivity (Wildman–Crippen MR) is 31.6 cm³/mol. The second kappa shape index (κ2) is 1.94. The third kappa shape index (κ3) is 0.802. The Hall–Kier alpha value is -0.240. The summed E-state index contributed by atoms with van der Waals surface area (Å²) in [6, 6.07) is 0. The van der Waals surface area contributed by atoms with Crippen LogP contribution in [0, 0.1) is 5.92 Å². The lowest BCUT2D eigenvalue weighted by Gasteiger charge is -2.28. The van der Waals surface area contributed by atoms with Gasteiger partial charge in [-0.05, 0) is 12.8 Å². The Morgan fingerprint density at radius 3 is 2.25 bits per heavy atom. The van der Waals surface area contributed by atoms with Crippen LogP contribution in [0.3, 0.4) is 0 Å². The fraction of sp³-hybridized carbons (Fsp3) is 0.800. The minimum Gasteiger partial charge on any atom is -0.369 e. The van der Waals surface area contributed by atoms with Crippen LogP contribution in [0.4, 0.5) is 0 Å². The van der Waals surface area contributed by atoms with Gasteiger partial charge in [-0.25, -0.2) is 0 Å². The third-order valence-electron chi connectivity index (χ3n) is 1.56. The number of primary amides is 1. The molecule has 0 radical (unpaired) electrons. The van der Waals surface area contributed by atoms with Gasteiger partial charge in [0.05, 0.1) is 5.92 Å². The zero-order valence-corrected chi connectivity index (χ0v) is 5.19. The van der Waals surface area contributed by atoms with E-state index < -0.39 is 0 Å². The zero-order chi connectivity index (χ0) is 6.15. The highest BCUT2D eigenvalue weighted by atomic mass is 35.5. The summed E-state index contributed by atoms with van der Waals surface area (Å²) in [5.41, 5.74) is 4.96. The quantitative estimate of drug-likeness (QED) is 0.520. The van der Waals surface area contributed by atoms with Gasteiger partial charge in [0, 0.05) is 5.38 Å². The molecule has 46 valence electrons. The van der Waals surface area contributed by atoms with Gasteiger partial charge < -0.3 is 5.73 Å². The molecule has 0 aromatic carbocycles. The van der Waals surface area contributed by atoms with Crippen LogP contribution in [0.15, 0.2) is 0 Å². The van der Waals surface area contributed by atoms with Crippen molar-refractivity contribution >= 4 is 17.5 Å². The molecule has 0 bridgehead atoms. The zero-order valence-electron chi connectivity index (χ0n) is 4.43. The average Bonchev–Trinajstić information content (AvgIpc) is 1.61. The SMILES string of the molecule is NC(=O)[C@@H]1CC[C@H]1Cl. The van der Waals surface area contributed by atoms with Gasteiger partial charge >= 0.3 is 0 Å². The Labute approximate surface area is 53.0 Å². The molecular formula is C5H8ClNO. The summed E-state index contributed by atoms with van der Waals surface area (Å²) in [4.78, 5) is 10.3. The summed E-state index contributed by atoms with van der Waals surface area (Å²) in [5.74, 6) is -0.298. The lowest BCUT2D eigenvalue weighted by atomic mass is 9.84. The Balaban J connectivity index is 2.37. The van der Waals surface area contributed by atoms with E-state index in [1.807, 2.05) is 0 Å². The second-order valence-corrected chi connectivity index (χ2v) is 2.66. The topological polar surface area (TPSA) is 43.1 Å². The largest absolute Gasteiger partial charge is 0.369 e. The van der Waals surface area contributed by atoms with E-state index in [2.05, 4.69) is 0 Å². The fourth-order valence-corrected chi connectivity index (χ4v) is 1.16. The first-order valence-corrected chi connectivity index (χ1v) is 3.09. The first kappa shape index (κ1) is 5.89. The van der Waals surface area contributed by atoms with Crippen LogP contribution >= 0.6 is 11.6 Å². The molecule has 0 unspecified atom stereocenters. The van der Waals surface area contributed by atoms with E-state index in [-0.39, 0.29) is 17.2 Å². The normalized spacial score (nSPS) is 36.1. The lowest BCUT2D eigenvalue weighted by molar-refractivity contribution is -0.123. The van der Waals surface area contributed by atoms with Crippen LogP contribution in [-0.2, 0) is 4.79 Å². The van der Waals surface area contributed by atoms with Gasteiger partial charge in [0.2, 0.25) is 5.91 Å². The van der Waals surface area contributed by atoms with E-state index in [0.717, 1.165) is 12.8 Å². The molecule has 2 atom stereocenters. The number of carbonyl (C=O) groups is 1. The molecule has 1 aliphatic rings. The highest BCUT2D eigenvalue weighted by Crippen LogP contribution is 2.31. The number of amides is 1. The second-order valence-electron chi connectivity index (χ2n) is 2.10. The Morgan fingerprint density at radius 2 is 2.25 bits per heavy atom. The van der Waals surface area contributed by atoms with Crippen molar-refractivity contribution in [2.75, 3.05) is 0 Å². The Kier molecular flexibility index (Phi) is 1.43. The van der Waals surface area contributed by atoms with Crippen molar-refractivity contribution in [3.05, 3.63) is 0 Å². The molecule has 3 heteroatoms. The molecule has 2 N–H and O–H groups in total. The van der Waals surface area contributed by atoms with E-state index in [1.165, 1.54) is 0 Å². The van der Waals surface area contributed by atoms with Crippen molar-refractivity contribution in [3.8, 4) is 0 Å². The molecule has 0 saturated heterocycles. The minimum absolute atomic E-state index is 0.0208. The summed E-state index contributed by atoms with van der Waals surface area (Å²) >= 11 is 5.61. The van der Waals surface area contributed by atoms with Crippen LogP contribution in [0.25, 0.3) is 0 Å². The molecular weight excluding hydrogens is 126 g/mol. The van der Waals surface area contributed by atoms with Crippen LogP contribution in [0.2, 0.25) is 0 Å². The number of alkyl halides is 1. The summed E-state index contributed by atoms with van der Waals surface area (Å²) in [5, 5.41) is 0.0208. The lowest BCUT2D eigenvalue weighted by Crippen LogP contribution is -2.37. The number of carbonyl (C=O) groups excluding carboxylic acids is 1. The molecule has 0 aromatic rings. The van der Waals surface area contributed by atoms with E-state index in [0.29, 0.717) is 0 Å². The van der Waals surface area contributed by atoms with Crippen molar-refractivity contribution in [2.45, 2.75) is 18.2 Å². The summed E-state index contributed by atoms with van der Waals surface area (Å²) < 4.78 is 0. The van der Waals surface area contributed by atoms with Gasteiger partial charge in [-0.2, -0.15) is 0 Å². The van der Waals surface area contributed by atoms with Crippen LogP contribution in [-0.4, -0.2) is 11.3 Å².